The number of amidine groups is 1. The molecule has 0 aliphatic carbocycles. The maximum absolute atomic E-state index is 6.39. The van der Waals surface area contributed by atoms with Crippen molar-refractivity contribution in [2.45, 2.75) is 39.7 Å². The van der Waals surface area contributed by atoms with E-state index in [1.54, 1.807) is 11.3 Å². The normalized spacial score (nSPS) is 18.3. The first kappa shape index (κ1) is 17.3. The van der Waals surface area contributed by atoms with Crippen molar-refractivity contribution in [2.24, 2.45) is 10.9 Å². The number of nitrogens with one attached hydrogen (secondary N) is 3. The van der Waals surface area contributed by atoms with E-state index in [1.807, 2.05) is 13.1 Å². The van der Waals surface area contributed by atoms with Crippen LogP contribution in [-0.2, 0) is 19.4 Å². The Kier molecular flexibility index (Phi) is 4.82. The second kappa shape index (κ2) is 7.25. The number of hydrogen-bond acceptors (Lipinski definition) is 6. The molecule has 3 N–H and O–H groups in total. The smallest absolute Gasteiger partial charge is 0.184 e. The lowest BCUT2D eigenvalue weighted by Crippen LogP contribution is -2.21. The van der Waals surface area contributed by atoms with Gasteiger partial charge in [0, 0.05) is 36.0 Å². The molecule has 6 nitrogen and oxygen atoms in total. The van der Waals surface area contributed by atoms with Crippen LogP contribution in [0.5, 0.6) is 0 Å². The fourth-order valence-corrected chi connectivity index (χ4v) is 4.41. The number of imidazole rings is 1. The lowest BCUT2D eigenvalue weighted by molar-refractivity contribution is 0.791. The number of thiazole rings is 1. The number of hydrogen-bond donors (Lipinski definition) is 3. The maximum Gasteiger partial charge on any atom is 0.184 e. The average Bonchev–Trinajstić information content (AvgIpc) is 3.32. The quantitative estimate of drug-likeness (QED) is 0.699. The van der Waals surface area contributed by atoms with E-state index in [0.717, 1.165) is 52.3 Å². The molecule has 0 amide bonds. The zero-order valence-electron chi connectivity index (χ0n) is 14.8. The summed E-state index contributed by atoms with van der Waals surface area (Å²) < 4.78 is 0. The van der Waals surface area contributed by atoms with Crippen molar-refractivity contribution in [1.82, 2.24) is 20.3 Å². The number of rotatable bonds is 6. The van der Waals surface area contributed by atoms with Crippen LogP contribution in [-0.4, -0.2) is 20.8 Å². The predicted molar refractivity (Wildman–Crippen MR) is 107 cm³/mol. The van der Waals surface area contributed by atoms with Gasteiger partial charge in [-0.05, 0) is 18.9 Å². The van der Waals surface area contributed by atoms with E-state index in [4.69, 9.17) is 11.6 Å². The van der Waals surface area contributed by atoms with Gasteiger partial charge in [0.05, 0.1) is 17.9 Å². The van der Waals surface area contributed by atoms with E-state index in [1.165, 1.54) is 5.57 Å². The topological polar surface area (TPSA) is 78.0 Å². The van der Waals surface area contributed by atoms with Crippen LogP contribution in [0.4, 0.5) is 5.13 Å². The fraction of sp³-hybridized carbons (Fsp3) is 0.389. The van der Waals surface area contributed by atoms with E-state index in [-0.39, 0.29) is 0 Å². The SMILES string of the molecule is CCc1nc(C)c(CNc2nc(Cl)c(CC3=CNC4=NC=CCC34)s2)[nH]1. The van der Waals surface area contributed by atoms with Crippen LogP contribution in [0, 0.1) is 12.8 Å². The average molecular weight is 389 g/mol. The molecule has 2 aromatic heterocycles. The molecule has 2 aliphatic heterocycles. The molecule has 2 aliphatic rings. The van der Waals surface area contributed by atoms with Crippen molar-refractivity contribution in [3.8, 4) is 0 Å². The molecule has 8 heteroatoms. The van der Waals surface area contributed by atoms with Crippen LogP contribution in [0.25, 0.3) is 0 Å². The highest BCUT2D eigenvalue weighted by Gasteiger charge is 2.27. The molecule has 0 saturated carbocycles. The number of fused-ring (bicyclic) bond motifs is 1. The van der Waals surface area contributed by atoms with E-state index >= 15 is 0 Å². The number of anilines is 1. The maximum atomic E-state index is 6.39. The Morgan fingerprint density at radius 2 is 2.27 bits per heavy atom. The molecule has 0 saturated heterocycles. The highest BCUT2D eigenvalue weighted by Crippen LogP contribution is 2.34. The monoisotopic (exact) mass is 388 g/mol. The van der Waals surface area contributed by atoms with Gasteiger partial charge in [-0.25, -0.2) is 15.0 Å². The van der Waals surface area contributed by atoms with Gasteiger partial charge in [0.25, 0.3) is 0 Å². The largest absolute Gasteiger partial charge is 0.356 e. The van der Waals surface area contributed by atoms with Gasteiger partial charge in [0.1, 0.15) is 16.8 Å². The summed E-state index contributed by atoms with van der Waals surface area (Å²) in [5.41, 5.74) is 3.42. The third-order valence-corrected chi connectivity index (χ3v) is 6.11. The molecule has 4 rings (SSSR count). The van der Waals surface area contributed by atoms with Gasteiger partial charge in [-0.2, -0.15) is 0 Å². The van der Waals surface area contributed by atoms with Crippen molar-refractivity contribution in [3.05, 3.63) is 51.3 Å². The summed E-state index contributed by atoms with van der Waals surface area (Å²) in [7, 11) is 0. The number of aromatic amines is 1. The van der Waals surface area contributed by atoms with Crippen molar-refractivity contribution in [3.63, 3.8) is 0 Å². The van der Waals surface area contributed by atoms with Crippen molar-refractivity contribution in [2.75, 3.05) is 5.32 Å². The molecule has 0 bridgehead atoms. The lowest BCUT2D eigenvalue weighted by atomic mass is 9.93. The summed E-state index contributed by atoms with van der Waals surface area (Å²) >= 11 is 7.99. The van der Waals surface area contributed by atoms with Crippen molar-refractivity contribution in [1.29, 1.82) is 0 Å². The molecule has 1 unspecified atom stereocenters. The molecule has 0 radical (unpaired) electrons. The number of nitrogens with zero attached hydrogens (tertiary/aromatic N) is 3. The molecule has 0 aromatic carbocycles. The van der Waals surface area contributed by atoms with Gasteiger partial charge in [-0.3, -0.25) is 0 Å². The number of aromatic nitrogens is 3. The van der Waals surface area contributed by atoms with Crippen molar-refractivity contribution < 1.29 is 0 Å². The zero-order valence-corrected chi connectivity index (χ0v) is 16.3. The zero-order chi connectivity index (χ0) is 18.1. The highest BCUT2D eigenvalue weighted by molar-refractivity contribution is 7.16. The van der Waals surface area contributed by atoms with Gasteiger partial charge in [0.15, 0.2) is 5.13 Å². The fourth-order valence-electron chi connectivity index (χ4n) is 3.21. The van der Waals surface area contributed by atoms with Crippen LogP contribution in [0.2, 0.25) is 5.15 Å². The Hall–Kier alpha value is -2.12. The standard InChI is InChI=1S/C18H21ClN6S/c1-3-15-23-10(2)13(24-15)9-22-18-25-16(19)14(26-18)7-11-8-21-17-12(11)5-4-6-20-17/h4,6,8,12H,3,5,7,9H2,1-2H3,(H,20,21)(H,22,25)(H,23,24). The molecular formula is C18H21ClN6S. The minimum absolute atomic E-state index is 0.342. The third kappa shape index (κ3) is 3.41. The van der Waals surface area contributed by atoms with Gasteiger partial charge in [0.2, 0.25) is 0 Å². The van der Waals surface area contributed by atoms with Crippen LogP contribution in [0.15, 0.2) is 29.0 Å². The second-order valence-electron chi connectivity index (χ2n) is 6.42. The number of halogens is 1. The number of aliphatic imine (C=N–C) groups is 1. The number of H-pyrrole nitrogens is 1. The molecule has 0 spiro atoms. The second-order valence-corrected chi connectivity index (χ2v) is 7.86. The summed E-state index contributed by atoms with van der Waals surface area (Å²) in [6.07, 6.45) is 8.70. The molecule has 0 fully saturated rings. The summed E-state index contributed by atoms with van der Waals surface area (Å²) in [5, 5.41) is 8.04. The Balaban J connectivity index is 1.42. The van der Waals surface area contributed by atoms with Crippen LogP contribution >= 0.6 is 22.9 Å². The summed E-state index contributed by atoms with van der Waals surface area (Å²) in [5.74, 6) is 2.38. The Morgan fingerprint density at radius 3 is 3.08 bits per heavy atom. The Labute approximate surface area is 161 Å². The molecular weight excluding hydrogens is 368 g/mol. The Bertz CT molecular complexity index is 907. The first-order chi connectivity index (χ1) is 12.6. The predicted octanol–water partition coefficient (Wildman–Crippen LogP) is 3.96. The van der Waals surface area contributed by atoms with Crippen LogP contribution in [0.3, 0.4) is 0 Å². The van der Waals surface area contributed by atoms with E-state index in [0.29, 0.717) is 17.6 Å². The Morgan fingerprint density at radius 1 is 1.38 bits per heavy atom. The minimum Gasteiger partial charge on any atom is -0.356 e. The molecule has 4 heterocycles. The van der Waals surface area contributed by atoms with Crippen LogP contribution in [0.1, 0.15) is 35.4 Å². The van der Waals surface area contributed by atoms with E-state index in [9.17, 15) is 0 Å². The van der Waals surface area contributed by atoms with Gasteiger partial charge >= 0.3 is 0 Å². The van der Waals surface area contributed by atoms with Crippen molar-refractivity contribution >= 4 is 33.9 Å². The van der Waals surface area contributed by atoms with Gasteiger partial charge < -0.3 is 15.6 Å². The summed E-state index contributed by atoms with van der Waals surface area (Å²) in [6.45, 7) is 4.77. The molecule has 2 aromatic rings. The van der Waals surface area contributed by atoms with Gasteiger partial charge in [-0.1, -0.05) is 24.6 Å². The number of aryl methyl sites for hydroxylation is 2. The molecule has 136 valence electrons. The highest BCUT2D eigenvalue weighted by atomic mass is 35.5. The summed E-state index contributed by atoms with van der Waals surface area (Å²) in [4.78, 5) is 17.8. The number of allylic oxidation sites excluding steroid dienone is 1. The third-order valence-electron chi connectivity index (χ3n) is 4.67. The van der Waals surface area contributed by atoms with Crippen LogP contribution < -0.4 is 10.6 Å². The first-order valence-corrected chi connectivity index (χ1v) is 9.95. The molecule has 1 atom stereocenters. The van der Waals surface area contributed by atoms with E-state index in [2.05, 4.69) is 49.8 Å². The van der Waals surface area contributed by atoms with E-state index < -0.39 is 0 Å². The molecule has 26 heavy (non-hydrogen) atoms. The minimum atomic E-state index is 0.342. The van der Waals surface area contributed by atoms with Gasteiger partial charge in [-0.15, -0.1) is 11.3 Å². The summed E-state index contributed by atoms with van der Waals surface area (Å²) in [6, 6.07) is 0. The lowest BCUT2D eigenvalue weighted by Gasteiger charge is -2.14. The first-order valence-electron chi connectivity index (χ1n) is 8.75.